The molecule has 0 radical (unpaired) electrons. The average molecular weight is 375 g/mol. The van der Waals surface area contributed by atoms with Crippen LogP contribution < -0.4 is 5.32 Å². The van der Waals surface area contributed by atoms with Gasteiger partial charge in [-0.15, -0.1) is 0 Å². The van der Waals surface area contributed by atoms with Crippen LogP contribution in [-0.4, -0.2) is 31.9 Å². The lowest BCUT2D eigenvalue weighted by Gasteiger charge is -2.28. The minimum atomic E-state index is -3.54. The lowest BCUT2D eigenvalue weighted by Crippen LogP contribution is -2.42. The number of amides is 1. The number of likely N-dealkylation sites (N-methyl/N-ethyl adjacent to an activating group) is 1. The summed E-state index contributed by atoms with van der Waals surface area (Å²) < 4.78 is 25.3. The van der Waals surface area contributed by atoms with Gasteiger partial charge < -0.3 is 5.32 Å². The molecule has 0 fully saturated rings. The first kappa shape index (κ1) is 20.1. The monoisotopic (exact) mass is 374 g/mol. The third-order valence-corrected chi connectivity index (χ3v) is 5.80. The van der Waals surface area contributed by atoms with Crippen molar-refractivity contribution in [2.75, 3.05) is 13.3 Å². The van der Waals surface area contributed by atoms with E-state index in [0.29, 0.717) is 12.0 Å². The minimum Gasteiger partial charge on any atom is -0.348 e. The summed E-state index contributed by atoms with van der Waals surface area (Å²) >= 11 is 0. The van der Waals surface area contributed by atoms with Crippen LogP contribution in [0.4, 0.5) is 0 Å². The zero-order chi connectivity index (χ0) is 19.3. The summed E-state index contributed by atoms with van der Waals surface area (Å²) in [5.74, 6) is -0.334. The second-order valence-corrected chi connectivity index (χ2v) is 8.46. The number of nitrogens with one attached hydrogen (secondary N) is 1. The van der Waals surface area contributed by atoms with E-state index in [1.165, 1.54) is 7.05 Å². The summed E-state index contributed by atoms with van der Waals surface area (Å²) in [4.78, 5) is 13.1. The van der Waals surface area contributed by atoms with Crippen LogP contribution in [0.25, 0.3) is 0 Å². The van der Waals surface area contributed by atoms with E-state index in [-0.39, 0.29) is 11.9 Å². The number of aryl methyl sites for hydroxylation is 1. The first-order valence-electron chi connectivity index (χ1n) is 8.59. The van der Waals surface area contributed by atoms with E-state index in [4.69, 9.17) is 0 Å². The van der Waals surface area contributed by atoms with Gasteiger partial charge in [0, 0.05) is 7.05 Å². The van der Waals surface area contributed by atoms with Crippen molar-refractivity contribution in [1.29, 1.82) is 0 Å². The van der Waals surface area contributed by atoms with Crippen LogP contribution in [-0.2, 0) is 14.8 Å². The Labute approximate surface area is 156 Å². The van der Waals surface area contributed by atoms with Crippen LogP contribution >= 0.6 is 0 Å². The van der Waals surface area contributed by atoms with Gasteiger partial charge in [0.25, 0.3) is 0 Å². The molecular weight excluding hydrogens is 348 g/mol. The highest BCUT2D eigenvalue weighted by Crippen LogP contribution is 2.25. The van der Waals surface area contributed by atoms with Crippen LogP contribution in [0.3, 0.4) is 0 Å². The third-order valence-electron chi connectivity index (χ3n) is 4.54. The number of carbonyl (C=O) groups excluding carboxylic acids is 1. The van der Waals surface area contributed by atoms with Crippen molar-refractivity contribution >= 4 is 15.9 Å². The highest BCUT2D eigenvalue weighted by molar-refractivity contribution is 7.88. The molecule has 2 aromatic carbocycles. The van der Waals surface area contributed by atoms with E-state index >= 15 is 0 Å². The van der Waals surface area contributed by atoms with Crippen molar-refractivity contribution < 1.29 is 13.2 Å². The Hall–Kier alpha value is -2.18. The first-order chi connectivity index (χ1) is 12.3. The molecule has 6 heteroatoms. The molecule has 0 heterocycles. The minimum absolute atomic E-state index is 0.178. The summed E-state index contributed by atoms with van der Waals surface area (Å²) in [6, 6.07) is 15.7. The molecule has 0 spiro atoms. The van der Waals surface area contributed by atoms with Gasteiger partial charge >= 0.3 is 0 Å². The van der Waals surface area contributed by atoms with Crippen LogP contribution in [0, 0.1) is 6.92 Å². The van der Waals surface area contributed by atoms with Gasteiger partial charge in [-0.2, -0.15) is 4.31 Å². The first-order valence-corrected chi connectivity index (χ1v) is 10.4. The Bertz CT molecular complexity index is 850. The summed E-state index contributed by atoms with van der Waals surface area (Å²) in [5, 5.41) is 3.03. The zero-order valence-corrected chi connectivity index (χ0v) is 16.5. The number of rotatable bonds is 7. The van der Waals surface area contributed by atoms with Crippen LogP contribution in [0.2, 0.25) is 0 Å². The van der Waals surface area contributed by atoms with Crippen molar-refractivity contribution in [3.63, 3.8) is 0 Å². The molecule has 1 N–H and O–H groups in total. The number of benzene rings is 2. The quantitative estimate of drug-likeness (QED) is 0.809. The molecule has 0 saturated carbocycles. The van der Waals surface area contributed by atoms with Crippen molar-refractivity contribution in [3.8, 4) is 0 Å². The Morgan fingerprint density at radius 1 is 1.08 bits per heavy atom. The maximum Gasteiger partial charge on any atom is 0.243 e. The Kier molecular flexibility index (Phi) is 6.56. The molecule has 1 amide bonds. The average Bonchev–Trinajstić information content (AvgIpc) is 2.60. The zero-order valence-electron chi connectivity index (χ0n) is 15.6. The predicted molar refractivity (Wildman–Crippen MR) is 104 cm³/mol. The van der Waals surface area contributed by atoms with Gasteiger partial charge in [0.2, 0.25) is 15.9 Å². The molecule has 0 unspecified atom stereocenters. The van der Waals surface area contributed by atoms with Crippen molar-refractivity contribution in [1.82, 2.24) is 9.62 Å². The molecule has 2 rings (SSSR count). The summed E-state index contributed by atoms with van der Waals surface area (Å²) in [6.07, 6.45) is 1.82. The number of hydrogen-bond donors (Lipinski definition) is 1. The van der Waals surface area contributed by atoms with Crippen molar-refractivity contribution in [3.05, 3.63) is 71.3 Å². The lowest BCUT2D eigenvalue weighted by molar-refractivity contribution is -0.125. The van der Waals surface area contributed by atoms with E-state index in [0.717, 1.165) is 21.7 Å². The summed E-state index contributed by atoms with van der Waals surface area (Å²) in [5.41, 5.74) is 2.77. The van der Waals surface area contributed by atoms with Crippen LogP contribution in [0.1, 0.15) is 42.1 Å². The van der Waals surface area contributed by atoms with E-state index in [1.54, 1.807) is 24.3 Å². The van der Waals surface area contributed by atoms with Gasteiger partial charge in [0.15, 0.2) is 0 Å². The van der Waals surface area contributed by atoms with Gasteiger partial charge in [-0.25, -0.2) is 8.42 Å². The third kappa shape index (κ3) is 4.71. The fourth-order valence-electron chi connectivity index (χ4n) is 2.98. The standard InChI is InChI=1S/C20H26N2O3S/c1-5-18(17-14-10-9-11-15(17)2)21-20(23)19(22(3)26(4,24)25)16-12-7-6-8-13-16/h6-14,18-19H,5H2,1-4H3,(H,21,23)/t18-,19-/m1/s1. The topological polar surface area (TPSA) is 66.5 Å². The Morgan fingerprint density at radius 2 is 1.65 bits per heavy atom. The van der Waals surface area contributed by atoms with Crippen molar-refractivity contribution in [2.24, 2.45) is 0 Å². The molecule has 0 bridgehead atoms. The SMILES string of the molecule is CC[C@@H](NC(=O)[C@@H](c1ccccc1)N(C)S(C)(=O)=O)c1ccccc1C. The normalized spacial score (nSPS) is 14.0. The molecule has 5 nitrogen and oxygen atoms in total. The highest BCUT2D eigenvalue weighted by Gasteiger charge is 2.32. The number of carbonyl (C=O) groups is 1. The fraction of sp³-hybridized carbons (Fsp3) is 0.350. The van der Waals surface area contributed by atoms with Crippen LogP contribution in [0.15, 0.2) is 54.6 Å². The molecule has 0 aliphatic heterocycles. The molecule has 0 saturated heterocycles. The Balaban J connectivity index is 2.36. The van der Waals surface area contributed by atoms with Gasteiger partial charge in [-0.05, 0) is 30.0 Å². The number of nitrogens with zero attached hydrogens (tertiary/aromatic N) is 1. The van der Waals surface area contributed by atoms with Crippen molar-refractivity contribution in [2.45, 2.75) is 32.4 Å². The van der Waals surface area contributed by atoms with E-state index < -0.39 is 16.1 Å². The molecule has 2 aromatic rings. The van der Waals surface area contributed by atoms with Gasteiger partial charge in [-0.1, -0.05) is 61.5 Å². The predicted octanol–water partition coefficient (Wildman–Crippen LogP) is 3.20. The molecule has 2 atom stereocenters. The largest absolute Gasteiger partial charge is 0.348 e. The van der Waals surface area contributed by atoms with E-state index in [1.807, 2.05) is 44.2 Å². The van der Waals surface area contributed by atoms with Gasteiger partial charge in [0.05, 0.1) is 12.3 Å². The summed E-state index contributed by atoms with van der Waals surface area (Å²) in [6.45, 7) is 4.00. The molecule has 0 aromatic heterocycles. The molecule has 0 aliphatic carbocycles. The lowest BCUT2D eigenvalue weighted by atomic mass is 9.98. The van der Waals surface area contributed by atoms with E-state index in [9.17, 15) is 13.2 Å². The molecule has 26 heavy (non-hydrogen) atoms. The smallest absolute Gasteiger partial charge is 0.243 e. The van der Waals surface area contributed by atoms with Gasteiger partial charge in [0.1, 0.15) is 6.04 Å². The molecule has 0 aliphatic rings. The van der Waals surface area contributed by atoms with E-state index in [2.05, 4.69) is 5.32 Å². The van der Waals surface area contributed by atoms with Gasteiger partial charge in [-0.3, -0.25) is 4.79 Å². The molecular formula is C20H26N2O3S. The maximum atomic E-state index is 13.1. The maximum absolute atomic E-state index is 13.1. The second-order valence-electron chi connectivity index (χ2n) is 6.42. The molecule has 140 valence electrons. The number of hydrogen-bond acceptors (Lipinski definition) is 3. The Morgan fingerprint density at radius 3 is 2.19 bits per heavy atom. The summed E-state index contributed by atoms with van der Waals surface area (Å²) in [7, 11) is -2.11. The highest BCUT2D eigenvalue weighted by atomic mass is 32.2. The second kappa shape index (κ2) is 8.47. The fourth-order valence-corrected chi connectivity index (χ4v) is 3.58. The number of sulfonamides is 1. The van der Waals surface area contributed by atoms with Crippen LogP contribution in [0.5, 0.6) is 0 Å².